The van der Waals surface area contributed by atoms with Crippen LogP contribution in [0.2, 0.25) is 0 Å². The van der Waals surface area contributed by atoms with Crippen LogP contribution in [0.15, 0.2) is 30.3 Å². The standard InChI is InChI=1S/C13H17NO.2C2H6/c15-13(12-7-3-1-4-8-12)11-14-9-5-2-6-10-14;2*1-2/h1,3-4,7-8H,2,5-6,9-11H2;2*1-2H3. The molecule has 1 saturated heterocycles. The summed E-state index contributed by atoms with van der Waals surface area (Å²) in [7, 11) is 0. The fourth-order valence-corrected chi connectivity index (χ4v) is 2.04. The maximum atomic E-state index is 11.9. The van der Waals surface area contributed by atoms with E-state index in [1.807, 2.05) is 58.0 Å². The van der Waals surface area contributed by atoms with Gasteiger partial charge >= 0.3 is 0 Å². The second-order valence-corrected chi connectivity index (χ2v) is 4.13. The molecule has 0 spiro atoms. The van der Waals surface area contributed by atoms with Crippen molar-refractivity contribution in [3.63, 3.8) is 0 Å². The molecule has 1 aliphatic heterocycles. The molecule has 1 aliphatic rings. The zero-order chi connectivity index (χ0) is 14.5. The van der Waals surface area contributed by atoms with Crippen molar-refractivity contribution in [2.24, 2.45) is 0 Å². The van der Waals surface area contributed by atoms with Gasteiger partial charge < -0.3 is 0 Å². The molecule has 1 fully saturated rings. The first-order valence-electron chi connectivity index (χ1n) is 7.67. The number of nitrogens with zero attached hydrogens (tertiary/aromatic N) is 1. The van der Waals surface area contributed by atoms with Crippen LogP contribution in [-0.2, 0) is 0 Å². The molecule has 0 atom stereocenters. The Morgan fingerprint density at radius 1 is 0.947 bits per heavy atom. The summed E-state index contributed by atoms with van der Waals surface area (Å²) in [5.74, 6) is 0.248. The Balaban J connectivity index is 0.000000741. The molecule has 2 rings (SSSR count). The molecule has 0 bridgehead atoms. The van der Waals surface area contributed by atoms with E-state index in [2.05, 4.69) is 4.90 Å². The van der Waals surface area contributed by atoms with Gasteiger partial charge in [0, 0.05) is 5.56 Å². The molecule has 1 heterocycles. The van der Waals surface area contributed by atoms with Crippen LogP contribution in [0.3, 0.4) is 0 Å². The third-order valence-electron chi connectivity index (χ3n) is 2.91. The molecular formula is C17H29NO. The summed E-state index contributed by atoms with van der Waals surface area (Å²) in [4.78, 5) is 14.1. The topological polar surface area (TPSA) is 20.3 Å². The van der Waals surface area contributed by atoms with Gasteiger partial charge in [-0.05, 0) is 25.9 Å². The molecule has 0 radical (unpaired) electrons. The van der Waals surface area contributed by atoms with E-state index in [1.54, 1.807) is 0 Å². The van der Waals surface area contributed by atoms with Gasteiger partial charge in [-0.2, -0.15) is 0 Å². The van der Waals surface area contributed by atoms with E-state index in [0.717, 1.165) is 18.7 Å². The van der Waals surface area contributed by atoms with Crippen molar-refractivity contribution in [1.82, 2.24) is 4.90 Å². The van der Waals surface area contributed by atoms with E-state index >= 15 is 0 Å². The summed E-state index contributed by atoms with van der Waals surface area (Å²) < 4.78 is 0. The van der Waals surface area contributed by atoms with Crippen LogP contribution in [0, 0.1) is 0 Å². The molecule has 19 heavy (non-hydrogen) atoms. The number of ketones is 1. The van der Waals surface area contributed by atoms with Gasteiger partial charge in [-0.3, -0.25) is 9.69 Å². The first-order valence-corrected chi connectivity index (χ1v) is 7.67. The first kappa shape index (κ1) is 17.8. The molecule has 0 unspecified atom stereocenters. The third-order valence-corrected chi connectivity index (χ3v) is 2.91. The molecule has 0 aliphatic carbocycles. The van der Waals surface area contributed by atoms with Crippen LogP contribution in [0.4, 0.5) is 0 Å². The lowest BCUT2D eigenvalue weighted by Crippen LogP contribution is -2.34. The van der Waals surface area contributed by atoms with Crippen molar-refractivity contribution < 1.29 is 4.79 Å². The number of likely N-dealkylation sites (tertiary alicyclic amines) is 1. The maximum Gasteiger partial charge on any atom is 0.176 e. The number of Topliss-reactive ketones (excluding diaryl/α,β-unsaturated/α-hetero) is 1. The average Bonchev–Trinajstić information content (AvgIpc) is 2.53. The SMILES string of the molecule is CC.CC.O=C(CN1CCCCC1)c1ccccc1. The number of rotatable bonds is 3. The van der Waals surface area contributed by atoms with Gasteiger partial charge in [-0.15, -0.1) is 0 Å². The van der Waals surface area contributed by atoms with E-state index in [1.165, 1.54) is 19.3 Å². The highest BCUT2D eigenvalue weighted by Crippen LogP contribution is 2.09. The maximum absolute atomic E-state index is 11.9. The molecule has 108 valence electrons. The number of carbonyl (C=O) groups excluding carboxylic acids is 1. The highest BCUT2D eigenvalue weighted by Gasteiger charge is 2.14. The van der Waals surface area contributed by atoms with Crippen LogP contribution in [0.5, 0.6) is 0 Å². The molecule has 2 heteroatoms. The summed E-state index contributed by atoms with van der Waals surface area (Å²) in [6.07, 6.45) is 3.79. The Morgan fingerprint density at radius 2 is 1.47 bits per heavy atom. The Morgan fingerprint density at radius 3 is 2.00 bits per heavy atom. The fraction of sp³-hybridized carbons (Fsp3) is 0.588. The highest BCUT2D eigenvalue weighted by atomic mass is 16.1. The van der Waals surface area contributed by atoms with Crippen LogP contribution >= 0.6 is 0 Å². The van der Waals surface area contributed by atoms with E-state index in [0.29, 0.717) is 6.54 Å². The lowest BCUT2D eigenvalue weighted by atomic mass is 10.1. The molecule has 0 saturated carbocycles. The normalized spacial score (nSPS) is 14.5. The van der Waals surface area contributed by atoms with Crippen LogP contribution in [-0.4, -0.2) is 30.3 Å². The molecule has 0 aromatic heterocycles. The Bertz CT molecular complexity index is 315. The minimum absolute atomic E-state index is 0.248. The summed E-state index contributed by atoms with van der Waals surface area (Å²) in [6, 6.07) is 9.57. The number of hydrogen-bond acceptors (Lipinski definition) is 2. The summed E-state index contributed by atoms with van der Waals surface area (Å²) in [6.45, 7) is 10.8. The Hall–Kier alpha value is -1.15. The second-order valence-electron chi connectivity index (χ2n) is 4.13. The van der Waals surface area contributed by atoms with Crippen molar-refractivity contribution in [3.05, 3.63) is 35.9 Å². The van der Waals surface area contributed by atoms with Gasteiger partial charge in [-0.25, -0.2) is 0 Å². The van der Waals surface area contributed by atoms with Gasteiger partial charge in [-0.1, -0.05) is 64.4 Å². The monoisotopic (exact) mass is 263 g/mol. The van der Waals surface area contributed by atoms with Crippen molar-refractivity contribution in [2.45, 2.75) is 47.0 Å². The third kappa shape index (κ3) is 7.12. The molecule has 0 N–H and O–H groups in total. The first-order chi connectivity index (χ1) is 9.36. The average molecular weight is 263 g/mol. The Kier molecular flexibility index (Phi) is 11.2. The van der Waals surface area contributed by atoms with E-state index in [9.17, 15) is 4.79 Å². The number of piperidine rings is 1. The highest BCUT2D eigenvalue weighted by molar-refractivity contribution is 5.97. The Labute approximate surface area is 118 Å². The number of carbonyl (C=O) groups is 1. The minimum atomic E-state index is 0.248. The molecule has 0 amide bonds. The van der Waals surface area contributed by atoms with Gasteiger partial charge in [0.15, 0.2) is 5.78 Å². The largest absolute Gasteiger partial charge is 0.296 e. The lowest BCUT2D eigenvalue weighted by molar-refractivity contribution is 0.0915. The van der Waals surface area contributed by atoms with Crippen molar-refractivity contribution in [1.29, 1.82) is 0 Å². The summed E-state index contributed by atoms with van der Waals surface area (Å²) in [5, 5.41) is 0. The molecular weight excluding hydrogens is 234 g/mol. The summed E-state index contributed by atoms with van der Waals surface area (Å²) >= 11 is 0. The van der Waals surface area contributed by atoms with Gasteiger partial charge in [0.05, 0.1) is 6.54 Å². The van der Waals surface area contributed by atoms with Crippen molar-refractivity contribution in [3.8, 4) is 0 Å². The summed E-state index contributed by atoms with van der Waals surface area (Å²) in [5.41, 5.74) is 0.836. The predicted molar refractivity (Wildman–Crippen MR) is 83.8 cm³/mol. The van der Waals surface area contributed by atoms with Crippen molar-refractivity contribution >= 4 is 5.78 Å². The number of hydrogen-bond donors (Lipinski definition) is 0. The smallest absolute Gasteiger partial charge is 0.176 e. The van der Waals surface area contributed by atoms with Crippen LogP contribution < -0.4 is 0 Å². The van der Waals surface area contributed by atoms with Gasteiger partial charge in [0.25, 0.3) is 0 Å². The van der Waals surface area contributed by atoms with Gasteiger partial charge in [0.1, 0.15) is 0 Å². The van der Waals surface area contributed by atoms with E-state index in [4.69, 9.17) is 0 Å². The van der Waals surface area contributed by atoms with Crippen molar-refractivity contribution in [2.75, 3.05) is 19.6 Å². The van der Waals surface area contributed by atoms with E-state index < -0.39 is 0 Å². The van der Waals surface area contributed by atoms with Crippen LogP contribution in [0.25, 0.3) is 0 Å². The second kappa shape index (κ2) is 11.9. The molecule has 1 aromatic carbocycles. The van der Waals surface area contributed by atoms with Crippen LogP contribution in [0.1, 0.15) is 57.3 Å². The molecule has 2 nitrogen and oxygen atoms in total. The lowest BCUT2D eigenvalue weighted by Gasteiger charge is -2.25. The molecule has 1 aromatic rings. The zero-order valence-corrected chi connectivity index (χ0v) is 13.0. The fourth-order valence-electron chi connectivity index (χ4n) is 2.04. The van der Waals surface area contributed by atoms with E-state index in [-0.39, 0.29) is 5.78 Å². The van der Waals surface area contributed by atoms with Gasteiger partial charge in [0.2, 0.25) is 0 Å². The predicted octanol–water partition coefficient (Wildman–Crippen LogP) is 4.41. The zero-order valence-electron chi connectivity index (χ0n) is 13.0. The minimum Gasteiger partial charge on any atom is -0.296 e. The number of benzene rings is 1. The quantitative estimate of drug-likeness (QED) is 0.753.